The van der Waals surface area contributed by atoms with Crippen LogP contribution in [0.4, 0.5) is 13.2 Å². The highest BCUT2D eigenvalue weighted by Gasteiger charge is 2.30. The van der Waals surface area contributed by atoms with Crippen molar-refractivity contribution in [1.29, 1.82) is 0 Å². The van der Waals surface area contributed by atoms with Crippen LogP contribution in [0.5, 0.6) is 0 Å². The number of carbonyl (C=O) groups excluding carboxylic acids is 3. The molecule has 0 aliphatic heterocycles. The second kappa shape index (κ2) is 7.43. The number of rotatable bonds is 4. The van der Waals surface area contributed by atoms with Gasteiger partial charge in [0.15, 0.2) is 0 Å². The van der Waals surface area contributed by atoms with Crippen molar-refractivity contribution in [3.63, 3.8) is 0 Å². The van der Waals surface area contributed by atoms with Crippen LogP contribution >= 0.6 is 0 Å². The molecular weight excluding hydrogens is 303 g/mol. The zero-order valence-corrected chi connectivity index (χ0v) is 11.6. The van der Waals surface area contributed by atoms with Gasteiger partial charge in [-0.2, -0.15) is 13.2 Å². The molecular formula is C13H14F3N3O3. The number of hydrogen-bond donors (Lipinski definition) is 3. The van der Waals surface area contributed by atoms with Gasteiger partial charge in [-0.25, -0.2) is 0 Å². The number of amides is 3. The lowest BCUT2D eigenvalue weighted by Gasteiger charge is -2.10. The molecule has 3 amide bonds. The van der Waals surface area contributed by atoms with E-state index in [1.54, 1.807) is 6.92 Å². The van der Waals surface area contributed by atoms with Crippen LogP contribution in [-0.2, 0) is 15.8 Å². The Hall–Kier alpha value is -2.58. The summed E-state index contributed by atoms with van der Waals surface area (Å²) in [5, 5.41) is 2.15. The van der Waals surface area contributed by atoms with E-state index in [1.807, 2.05) is 5.43 Å². The van der Waals surface area contributed by atoms with Gasteiger partial charge < -0.3 is 5.32 Å². The summed E-state index contributed by atoms with van der Waals surface area (Å²) in [6, 6.07) is 3.82. The Labute approximate surface area is 124 Å². The molecule has 0 heterocycles. The summed E-state index contributed by atoms with van der Waals surface area (Å²) >= 11 is 0. The molecule has 1 aromatic carbocycles. The van der Waals surface area contributed by atoms with Crippen LogP contribution < -0.4 is 16.2 Å². The smallest absolute Gasteiger partial charge is 0.343 e. The molecule has 0 spiro atoms. The Morgan fingerprint density at radius 1 is 1.09 bits per heavy atom. The highest BCUT2D eigenvalue weighted by Crippen LogP contribution is 2.29. The SMILES string of the molecule is CCC(=O)NNC(=O)CNC(=O)c1cccc(C(F)(F)F)c1. The van der Waals surface area contributed by atoms with E-state index < -0.39 is 36.0 Å². The molecule has 0 fully saturated rings. The van der Waals surface area contributed by atoms with Crippen LogP contribution in [0.2, 0.25) is 0 Å². The first-order valence-corrected chi connectivity index (χ1v) is 6.27. The van der Waals surface area contributed by atoms with E-state index >= 15 is 0 Å². The predicted octanol–water partition coefficient (Wildman–Crippen LogP) is 0.993. The van der Waals surface area contributed by atoms with E-state index in [0.717, 1.165) is 12.1 Å². The van der Waals surface area contributed by atoms with E-state index in [9.17, 15) is 27.6 Å². The third-order valence-corrected chi connectivity index (χ3v) is 2.52. The van der Waals surface area contributed by atoms with Gasteiger partial charge in [0.2, 0.25) is 5.91 Å². The maximum Gasteiger partial charge on any atom is 0.416 e. The normalized spacial score (nSPS) is 10.7. The summed E-state index contributed by atoms with van der Waals surface area (Å²) in [4.78, 5) is 33.9. The van der Waals surface area contributed by atoms with Gasteiger partial charge in [-0.1, -0.05) is 13.0 Å². The quantitative estimate of drug-likeness (QED) is 0.724. The Morgan fingerprint density at radius 3 is 2.32 bits per heavy atom. The molecule has 0 aliphatic rings. The number of halogens is 3. The van der Waals surface area contributed by atoms with Crippen LogP contribution in [0.3, 0.4) is 0 Å². The standard InChI is InChI=1S/C13H14F3N3O3/c1-2-10(20)18-19-11(21)7-17-12(22)8-4-3-5-9(6-8)13(14,15)16/h3-6H,2,7H2,1H3,(H,17,22)(H,18,20)(H,19,21). The lowest BCUT2D eigenvalue weighted by atomic mass is 10.1. The van der Waals surface area contributed by atoms with Gasteiger partial charge in [0.05, 0.1) is 12.1 Å². The summed E-state index contributed by atoms with van der Waals surface area (Å²) < 4.78 is 37.6. The molecule has 1 rings (SSSR count). The lowest BCUT2D eigenvalue weighted by Crippen LogP contribution is -2.46. The maximum atomic E-state index is 12.5. The van der Waals surface area contributed by atoms with Crippen molar-refractivity contribution in [2.75, 3.05) is 6.54 Å². The predicted molar refractivity (Wildman–Crippen MR) is 70.4 cm³/mol. The second-order valence-electron chi connectivity index (χ2n) is 4.21. The van der Waals surface area contributed by atoms with Crippen LogP contribution in [0.15, 0.2) is 24.3 Å². The number of nitrogens with one attached hydrogen (secondary N) is 3. The number of carbonyl (C=O) groups is 3. The number of hydrazine groups is 1. The minimum absolute atomic E-state index is 0.164. The van der Waals surface area contributed by atoms with E-state index in [4.69, 9.17) is 0 Å². The van der Waals surface area contributed by atoms with Gasteiger partial charge in [-0.3, -0.25) is 25.2 Å². The molecule has 3 N–H and O–H groups in total. The molecule has 0 radical (unpaired) electrons. The first-order valence-electron chi connectivity index (χ1n) is 6.27. The fraction of sp³-hybridized carbons (Fsp3) is 0.308. The van der Waals surface area contributed by atoms with Crippen LogP contribution in [0.25, 0.3) is 0 Å². The minimum atomic E-state index is -4.56. The van der Waals surface area contributed by atoms with E-state index in [0.29, 0.717) is 6.07 Å². The Bertz CT molecular complexity index is 573. The first kappa shape index (κ1) is 17.5. The van der Waals surface area contributed by atoms with Gasteiger partial charge >= 0.3 is 6.18 Å². The summed E-state index contributed by atoms with van der Waals surface area (Å²) in [6.07, 6.45) is -4.39. The van der Waals surface area contributed by atoms with Crippen LogP contribution in [0.1, 0.15) is 29.3 Å². The van der Waals surface area contributed by atoms with Crippen LogP contribution in [-0.4, -0.2) is 24.3 Å². The number of benzene rings is 1. The van der Waals surface area contributed by atoms with Gasteiger partial charge in [0.1, 0.15) is 0 Å². The summed E-state index contributed by atoms with van der Waals surface area (Å²) in [6.45, 7) is 1.09. The number of alkyl halides is 3. The van der Waals surface area contributed by atoms with E-state index in [1.165, 1.54) is 6.07 Å². The molecule has 22 heavy (non-hydrogen) atoms. The van der Waals surface area contributed by atoms with Crippen molar-refractivity contribution < 1.29 is 27.6 Å². The molecule has 0 saturated carbocycles. The molecule has 0 saturated heterocycles. The third kappa shape index (κ3) is 5.43. The monoisotopic (exact) mass is 317 g/mol. The Balaban J connectivity index is 2.56. The van der Waals surface area contributed by atoms with E-state index in [2.05, 4.69) is 10.7 Å². The minimum Gasteiger partial charge on any atom is -0.343 e. The first-order chi connectivity index (χ1) is 10.2. The molecule has 0 unspecified atom stereocenters. The average Bonchev–Trinajstić information content (AvgIpc) is 2.49. The average molecular weight is 317 g/mol. The summed E-state index contributed by atoms with van der Waals surface area (Å²) in [5.74, 6) is -1.96. The molecule has 0 bridgehead atoms. The Morgan fingerprint density at radius 2 is 1.73 bits per heavy atom. The molecule has 9 heteroatoms. The van der Waals surface area contributed by atoms with Gasteiger partial charge in [-0.05, 0) is 18.2 Å². The molecule has 0 aliphatic carbocycles. The van der Waals surface area contributed by atoms with Gasteiger partial charge in [-0.15, -0.1) is 0 Å². The maximum absolute atomic E-state index is 12.5. The highest BCUT2D eigenvalue weighted by atomic mass is 19.4. The molecule has 0 aromatic heterocycles. The van der Waals surface area contributed by atoms with Crippen molar-refractivity contribution >= 4 is 17.7 Å². The summed E-state index contributed by atoms with van der Waals surface area (Å²) in [7, 11) is 0. The third-order valence-electron chi connectivity index (χ3n) is 2.52. The van der Waals surface area contributed by atoms with E-state index in [-0.39, 0.29) is 12.0 Å². The topological polar surface area (TPSA) is 87.3 Å². The number of hydrogen-bond acceptors (Lipinski definition) is 3. The van der Waals surface area contributed by atoms with Gasteiger partial charge in [0, 0.05) is 12.0 Å². The van der Waals surface area contributed by atoms with Crippen molar-refractivity contribution in [3.05, 3.63) is 35.4 Å². The highest BCUT2D eigenvalue weighted by molar-refractivity contribution is 5.96. The second-order valence-corrected chi connectivity index (χ2v) is 4.21. The van der Waals surface area contributed by atoms with Crippen molar-refractivity contribution in [2.45, 2.75) is 19.5 Å². The largest absolute Gasteiger partial charge is 0.416 e. The lowest BCUT2D eigenvalue weighted by molar-refractivity contribution is -0.137. The zero-order valence-electron chi connectivity index (χ0n) is 11.6. The molecule has 6 nitrogen and oxygen atoms in total. The fourth-order valence-electron chi connectivity index (χ4n) is 1.37. The van der Waals surface area contributed by atoms with Gasteiger partial charge in [0.25, 0.3) is 11.8 Å². The van der Waals surface area contributed by atoms with Crippen LogP contribution in [0, 0.1) is 0 Å². The van der Waals surface area contributed by atoms with Crippen molar-refractivity contribution in [1.82, 2.24) is 16.2 Å². The Kier molecular flexibility index (Phi) is 5.90. The molecule has 0 atom stereocenters. The van der Waals surface area contributed by atoms with Crippen molar-refractivity contribution in [2.24, 2.45) is 0 Å². The molecule has 1 aromatic rings. The zero-order chi connectivity index (χ0) is 16.8. The summed E-state index contributed by atoms with van der Waals surface area (Å²) in [5.41, 5.74) is 2.95. The molecule has 120 valence electrons. The van der Waals surface area contributed by atoms with Crippen molar-refractivity contribution in [3.8, 4) is 0 Å². The fourth-order valence-corrected chi connectivity index (χ4v) is 1.37.